The van der Waals surface area contributed by atoms with Crippen molar-refractivity contribution in [3.63, 3.8) is 0 Å². The molecule has 1 unspecified atom stereocenters. The molecule has 2 aromatic rings. The van der Waals surface area contributed by atoms with Gasteiger partial charge in [-0.1, -0.05) is 29.8 Å². The van der Waals surface area contributed by atoms with Crippen LogP contribution in [0.15, 0.2) is 36.5 Å². The minimum atomic E-state index is 0.579. The minimum Gasteiger partial charge on any atom is -0.319 e. The van der Waals surface area contributed by atoms with Gasteiger partial charge in [-0.05, 0) is 56.5 Å². The molecule has 0 bridgehead atoms. The van der Waals surface area contributed by atoms with Crippen LogP contribution >= 0.6 is 11.6 Å². The molecule has 0 amide bonds. The fourth-order valence-electron chi connectivity index (χ4n) is 2.54. The number of halogens is 1. The Hall–Kier alpha value is -1.32. The highest BCUT2D eigenvalue weighted by atomic mass is 35.5. The van der Waals surface area contributed by atoms with Crippen LogP contribution in [-0.4, -0.2) is 23.4 Å². The van der Waals surface area contributed by atoms with Crippen molar-refractivity contribution in [2.45, 2.75) is 19.3 Å². The van der Waals surface area contributed by atoms with E-state index in [1.54, 1.807) is 0 Å². The predicted octanol–water partition coefficient (Wildman–Crippen LogP) is 3.08. The van der Waals surface area contributed by atoms with E-state index in [0.717, 1.165) is 30.8 Å². The molecule has 2 rings (SSSR count). The van der Waals surface area contributed by atoms with Crippen molar-refractivity contribution < 1.29 is 0 Å². The van der Waals surface area contributed by atoms with Gasteiger partial charge in [0.05, 0.1) is 0 Å². The lowest BCUT2D eigenvalue weighted by molar-refractivity contribution is 0.455. The summed E-state index contributed by atoms with van der Waals surface area (Å²) in [6.45, 7) is 1.00. The van der Waals surface area contributed by atoms with E-state index < -0.39 is 0 Å². The Labute approximate surface area is 126 Å². The van der Waals surface area contributed by atoms with Gasteiger partial charge >= 0.3 is 0 Å². The van der Waals surface area contributed by atoms with Crippen LogP contribution in [0.4, 0.5) is 0 Å². The molecule has 1 aromatic heterocycles. The molecule has 1 N–H and O–H groups in total. The lowest BCUT2D eigenvalue weighted by atomic mass is 9.94. The Morgan fingerprint density at radius 3 is 2.75 bits per heavy atom. The van der Waals surface area contributed by atoms with Crippen molar-refractivity contribution in [3.05, 3.63) is 52.8 Å². The summed E-state index contributed by atoms with van der Waals surface area (Å²) in [6, 6.07) is 10.2. The third-order valence-corrected chi connectivity index (χ3v) is 4.06. The molecule has 0 aliphatic rings. The highest BCUT2D eigenvalue weighted by Crippen LogP contribution is 2.21. The van der Waals surface area contributed by atoms with Crippen LogP contribution in [0.1, 0.15) is 17.7 Å². The molecule has 0 spiro atoms. The number of hydrogen-bond donors (Lipinski definition) is 1. The first-order valence-corrected chi connectivity index (χ1v) is 7.43. The third-order valence-electron chi connectivity index (χ3n) is 3.69. The largest absolute Gasteiger partial charge is 0.319 e. The van der Waals surface area contributed by atoms with E-state index >= 15 is 0 Å². The van der Waals surface area contributed by atoms with Gasteiger partial charge in [-0.15, -0.1) is 0 Å². The molecule has 1 aromatic carbocycles. The zero-order valence-electron chi connectivity index (χ0n) is 12.1. The van der Waals surface area contributed by atoms with Crippen molar-refractivity contribution in [2.24, 2.45) is 13.0 Å². The van der Waals surface area contributed by atoms with Crippen molar-refractivity contribution in [1.82, 2.24) is 15.1 Å². The van der Waals surface area contributed by atoms with Crippen molar-refractivity contribution in [3.8, 4) is 0 Å². The minimum absolute atomic E-state index is 0.579. The fourth-order valence-corrected chi connectivity index (χ4v) is 2.75. The van der Waals surface area contributed by atoms with Crippen LogP contribution in [-0.2, 0) is 19.9 Å². The number of nitrogens with zero attached hydrogens (tertiary/aromatic N) is 2. The first-order chi connectivity index (χ1) is 9.70. The average Bonchev–Trinajstić information content (AvgIpc) is 2.84. The Bertz CT molecular complexity index is 536. The maximum atomic E-state index is 6.26. The van der Waals surface area contributed by atoms with Gasteiger partial charge in [0.1, 0.15) is 0 Å². The first kappa shape index (κ1) is 15.1. The highest BCUT2D eigenvalue weighted by molar-refractivity contribution is 6.31. The third kappa shape index (κ3) is 4.09. The number of aromatic nitrogens is 2. The van der Waals surface area contributed by atoms with Gasteiger partial charge in [0.25, 0.3) is 0 Å². The van der Waals surface area contributed by atoms with Gasteiger partial charge in [0, 0.05) is 24.0 Å². The number of aryl methyl sites for hydroxylation is 2. The number of nitrogens with one attached hydrogen (secondary N) is 1. The molecule has 4 heteroatoms. The van der Waals surface area contributed by atoms with E-state index in [0.29, 0.717) is 5.92 Å². The van der Waals surface area contributed by atoms with Crippen LogP contribution in [0.25, 0.3) is 0 Å². The Morgan fingerprint density at radius 1 is 1.30 bits per heavy atom. The van der Waals surface area contributed by atoms with Gasteiger partial charge in [-0.2, -0.15) is 5.10 Å². The van der Waals surface area contributed by atoms with Crippen LogP contribution in [0.5, 0.6) is 0 Å². The molecule has 0 fully saturated rings. The molecule has 1 atom stereocenters. The van der Waals surface area contributed by atoms with Crippen molar-refractivity contribution in [2.75, 3.05) is 13.6 Å². The number of benzene rings is 1. The molecular formula is C16H22ClN3. The quantitative estimate of drug-likeness (QED) is 0.849. The van der Waals surface area contributed by atoms with E-state index in [-0.39, 0.29) is 0 Å². The average molecular weight is 292 g/mol. The summed E-state index contributed by atoms with van der Waals surface area (Å²) >= 11 is 6.26. The molecular weight excluding hydrogens is 270 g/mol. The molecule has 0 aliphatic carbocycles. The summed E-state index contributed by atoms with van der Waals surface area (Å²) in [4.78, 5) is 0. The Balaban J connectivity index is 1.97. The van der Waals surface area contributed by atoms with Gasteiger partial charge < -0.3 is 5.32 Å². The summed E-state index contributed by atoms with van der Waals surface area (Å²) in [5.74, 6) is 0.579. The lowest BCUT2D eigenvalue weighted by Gasteiger charge is -2.17. The van der Waals surface area contributed by atoms with Crippen LogP contribution < -0.4 is 5.32 Å². The lowest BCUT2D eigenvalue weighted by Crippen LogP contribution is -2.22. The fraction of sp³-hybridized carbons (Fsp3) is 0.438. The Morgan fingerprint density at radius 2 is 2.10 bits per heavy atom. The summed E-state index contributed by atoms with van der Waals surface area (Å²) in [5, 5.41) is 8.37. The van der Waals surface area contributed by atoms with Crippen molar-refractivity contribution >= 4 is 11.6 Å². The maximum Gasteiger partial charge on any atom is 0.0492 e. The van der Waals surface area contributed by atoms with E-state index in [4.69, 9.17) is 11.6 Å². The maximum absolute atomic E-state index is 6.26. The number of rotatable bonds is 7. The molecule has 0 aliphatic heterocycles. The van der Waals surface area contributed by atoms with E-state index in [9.17, 15) is 0 Å². The van der Waals surface area contributed by atoms with Crippen LogP contribution in [0.3, 0.4) is 0 Å². The van der Waals surface area contributed by atoms with E-state index in [1.807, 2.05) is 37.1 Å². The molecule has 0 radical (unpaired) electrons. The summed E-state index contributed by atoms with van der Waals surface area (Å²) in [6.07, 6.45) is 5.05. The monoisotopic (exact) mass is 291 g/mol. The molecule has 20 heavy (non-hydrogen) atoms. The summed E-state index contributed by atoms with van der Waals surface area (Å²) < 4.78 is 1.95. The zero-order chi connectivity index (χ0) is 14.4. The Kier molecular flexibility index (Phi) is 5.62. The topological polar surface area (TPSA) is 29.9 Å². The van der Waals surface area contributed by atoms with Crippen molar-refractivity contribution in [1.29, 1.82) is 0 Å². The summed E-state index contributed by atoms with van der Waals surface area (Å²) in [7, 11) is 4.00. The van der Waals surface area contributed by atoms with E-state index in [1.165, 1.54) is 11.3 Å². The second-order valence-electron chi connectivity index (χ2n) is 5.20. The first-order valence-electron chi connectivity index (χ1n) is 7.05. The van der Waals surface area contributed by atoms with Gasteiger partial charge in [0.2, 0.25) is 0 Å². The van der Waals surface area contributed by atoms with E-state index in [2.05, 4.69) is 28.6 Å². The molecule has 0 saturated heterocycles. The normalized spacial score (nSPS) is 12.6. The highest BCUT2D eigenvalue weighted by Gasteiger charge is 2.12. The van der Waals surface area contributed by atoms with Gasteiger partial charge in [-0.3, -0.25) is 4.68 Å². The van der Waals surface area contributed by atoms with Crippen LogP contribution in [0, 0.1) is 5.92 Å². The van der Waals surface area contributed by atoms with Crippen LogP contribution in [0.2, 0.25) is 5.02 Å². The van der Waals surface area contributed by atoms with Gasteiger partial charge in [-0.25, -0.2) is 0 Å². The second kappa shape index (κ2) is 7.46. The standard InChI is InChI=1S/C16H22ClN3/c1-18-12-13(7-8-15-9-10-19-20(15)2)11-14-5-3-4-6-16(14)17/h3-6,9-10,13,18H,7-8,11-12H2,1-2H3. The predicted molar refractivity (Wildman–Crippen MR) is 84.1 cm³/mol. The zero-order valence-corrected chi connectivity index (χ0v) is 12.9. The second-order valence-corrected chi connectivity index (χ2v) is 5.61. The smallest absolute Gasteiger partial charge is 0.0492 e. The molecule has 0 saturated carbocycles. The molecule has 108 valence electrons. The summed E-state index contributed by atoms with van der Waals surface area (Å²) in [5.41, 5.74) is 2.52. The molecule has 1 heterocycles. The molecule has 3 nitrogen and oxygen atoms in total. The van der Waals surface area contributed by atoms with Gasteiger partial charge in [0.15, 0.2) is 0 Å². The SMILES string of the molecule is CNCC(CCc1ccnn1C)Cc1ccccc1Cl. The number of hydrogen-bond acceptors (Lipinski definition) is 2.